The molecule has 0 amide bonds. The van der Waals surface area contributed by atoms with E-state index in [1.54, 1.807) is 0 Å². The molecule has 0 aliphatic carbocycles. The predicted molar refractivity (Wildman–Crippen MR) is 81.9 cm³/mol. The maximum absolute atomic E-state index is 5.92. The van der Waals surface area contributed by atoms with E-state index in [2.05, 4.69) is 30.4 Å². The maximum atomic E-state index is 5.92. The summed E-state index contributed by atoms with van der Waals surface area (Å²) >= 11 is 0. The van der Waals surface area contributed by atoms with E-state index in [9.17, 15) is 0 Å². The topological polar surface area (TPSA) is 39.7 Å². The number of rotatable bonds is 5. The first-order valence-electron chi connectivity index (χ1n) is 8.07. The summed E-state index contributed by atoms with van der Waals surface area (Å²) in [5, 5.41) is 3.62. The van der Waals surface area contributed by atoms with Crippen LogP contribution in [0.1, 0.15) is 36.9 Å². The van der Waals surface area contributed by atoms with Crippen molar-refractivity contribution < 1.29 is 14.2 Å². The van der Waals surface area contributed by atoms with Crippen LogP contribution in [0.15, 0.2) is 18.2 Å². The molecule has 1 aromatic carbocycles. The second-order valence-corrected chi connectivity index (χ2v) is 5.74. The van der Waals surface area contributed by atoms with Gasteiger partial charge in [-0.15, -0.1) is 0 Å². The zero-order valence-corrected chi connectivity index (χ0v) is 12.8. The Kier molecular flexibility index (Phi) is 5.12. The first-order valence-corrected chi connectivity index (χ1v) is 8.07. The van der Waals surface area contributed by atoms with Crippen LogP contribution >= 0.6 is 0 Å². The Morgan fingerprint density at radius 3 is 3.05 bits per heavy atom. The smallest absolute Gasteiger partial charge is 0.122 e. The SMILES string of the molecule is CCCNC(c1ccc2c(c1)CCCO2)C1COCCO1. The molecule has 3 rings (SSSR count). The van der Waals surface area contributed by atoms with E-state index in [0.29, 0.717) is 19.8 Å². The quantitative estimate of drug-likeness (QED) is 0.904. The van der Waals surface area contributed by atoms with Crippen molar-refractivity contribution >= 4 is 0 Å². The van der Waals surface area contributed by atoms with Gasteiger partial charge in [0.05, 0.1) is 32.5 Å². The fourth-order valence-corrected chi connectivity index (χ4v) is 3.04. The molecule has 1 saturated heterocycles. The van der Waals surface area contributed by atoms with Crippen LogP contribution in [0.25, 0.3) is 0 Å². The largest absolute Gasteiger partial charge is 0.493 e. The van der Waals surface area contributed by atoms with E-state index < -0.39 is 0 Å². The molecule has 0 aromatic heterocycles. The highest BCUT2D eigenvalue weighted by Gasteiger charge is 2.27. The summed E-state index contributed by atoms with van der Waals surface area (Å²) in [5.74, 6) is 1.04. The minimum atomic E-state index is 0.0906. The van der Waals surface area contributed by atoms with Crippen molar-refractivity contribution in [2.75, 3.05) is 33.0 Å². The molecule has 1 aromatic rings. The van der Waals surface area contributed by atoms with Gasteiger partial charge in [-0.3, -0.25) is 0 Å². The fraction of sp³-hybridized carbons (Fsp3) is 0.647. The van der Waals surface area contributed by atoms with E-state index in [0.717, 1.165) is 38.2 Å². The van der Waals surface area contributed by atoms with Gasteiger partial charge in [0, 0.05) is 0 Å². The average Bonchev–Trinajstić information content (AvgIpc) is 2.56. The van der Waals surface area contributed by atoms with Gasteiger partial charge in [-0.1, -0.05) is 19.1 Å². The molecular weight excluding hydrogens is 266 g/mol. The first-order chi connectivity index (χ1) is 10.4. The van der Waals surface area contributed by atoms with Crippen LogP contribution in [0.4, 0.5) is 0 Å². The number of benzene rings is 1. The lowest BCUT2D eigenvalue weighted by molar-refractivity contribution is -0.102. The van der Waals surface area contributed by atoms with Gasteiger partial charge >= 0.3 is 0 Å². The standard InChI is InChI=1S/C17H25NO3/c1-2-7-18-17(16-12-19-9-10-21-16)14-5-6-15-13(11-14)4-3-8-20-15/h5-6,11,16-18H,2-4,7-10,12H2,1H3. The highest BCUT2D eigenvalue weighted by Crippen LogP contribution is 2.30. The van der Waals surface area contributed by atoms with Crippen molar-refractivity contribution in [2.45, 2.75) is 38.3 Å². The van der Waals surface area contributed by atoms with E-state index in [1.165, 1.54) is 11.1 Å². The first kappa shape index (κ1) is 14.8. The second-order valence-electron chi connectivity index (χ2n) is 5.74. The molecule has 2 unspecified atom stereocenters. The molecule has 1 N–H and O–H groups in total. The van der Waals surface area contributed by atoms with Crippen LogP contribution in [-0.4, -0.2) is 39.1 Å². The van der Waals surface area contributed by atoms with Gasteiger partial charge in [-0.05, 0) is 43.0 Å². The molecule has 0 spiro atoms. The minimum Gasteiger partial charge on any atom is -0.493 e. The number of hydrogen-bond acceptors (Lipinski definition) is 4. The Bertz CT molecular complexity index is 457. The van der Waals surface area contributed by atoms with Crippen LogP contribution in [0.3, 0.4) is 0 Å². The molecule has 4 heteroatoms. The third kappa shape index (κ3) is 3.57. The number of aryl methyl sites for hydroxylation is 1. The summed E-state index contributed by atoms with van der Waals surface area (Å²) < 4.78 is 17.2. The highest BCUT2D eigenvalue weighted by molar-refractivity contribution is 5.40. The van der Waals surface area contributed by atoms with Gasteiger partial charge in [0.1, 0.15) is 11.9 Å². The maximum Gasteiger partial charge on any atom is 0.122 e. The molecule has 2 atom stereocenters. The predicted octanol–water partition coefficient (Wildman–Crippen LogP) is 2.47. The third-order valence-corrected chi connectivity index (χ3v) is 4.12. The molecule has 2 heterocycles. The van der Waals surface area contributed by atoms with Crippen molar-refractivity contribution in [1.82, 2.24) is 5.32 Å². The molecule has 0 radical (unpaired) electrons. The van der Waals surface area contributed by atoms with Crippen LogP contribution in [0.2, 0.25) is 0 Å². The molecule has 21 heavy (non-hydrogen) atoms. The van der Waals surface area contributed by atoms with Crippen molar-refractivity contribution in [2.24, 2.45) is 0 Å². The number of ether oxygens (including phenoxy) is 3. The number of hydrogen-bond donors (Lipinski definition) is 1. The summed E-state index contributed by atoms with van der Waals surface area (Å²) in [4.78, 5) is 0. The Morgan fingerprint density at radius 1 is 1.29 bits per heavy atom. The third-order valence-electron chi connectivity index (χ3n) is 4.12. The minimum absolute atomic E-state index is 0.0906. The van der Waals surface area contributed by atoms with E-state index in [1.807, 2.05) is 0 Å². The molecule has 0 bridgehead atoms. The Labute approximate surface area is 126 Å². The van der Waals surface area contributed by atoms with Crippen molar-refractivity contribution in [3.8, 4) is 5.75 Å². The molecule has 1 fully saturated rings. The molecule has 2 aliphatic rings. The zero-order chi connectivity index (χ0) is 14.5. The van der Waals surface area contributed by atoms with Crippen molar-refractivity contribution in [3.63, 3.8) is 0 Å². The lowest BCUT2D eigenvalue weighted by atomic mass is 9.96. The van der Waals surface area contributed by atoms with Crippen molar-refractivity contribution in [3.05, 3.63) is 29.3 Å². The lowest BCUT2D eigenvalue weighted by Gasteiger charge is -2.32. The van der Waals surface area contributed by atoms with Crippen LogP contribution in [-0.2, 0) is 15.9 Å². The van der Waals surface area contributed by atoms with Crippen LogP contribution in [0, 0.1) is 0 Å². The summed E-state index contributed by atoms with van der Waals surface area (Å²) in [5.41, 5.74) is 2.60. The second kappa shape index (κ2) is 7.25. The van der Waals surface area contributed by atoms with Gasteiger partial charge in [-0.2, -0.15) is 0 Å². The lowest BCUT2D eigenvalue weighted by Crippen LogP contribution is -2.41. The molecule has 2 aliphatic heterocycles. The summed E-state index contributed by atoms with van der Waals surface area (Å²) in [6.45, 7) is 6.05. The summed E-state index contributed by atoms with van der Waals surface area (Å²) in [6, 6.07) is 6.74. The van der Waals surface area contributed by atoms with E-state index in [4.69, 9.17) is 14.2 Å². The average molecular weight is 291 g/mol. The van der Waals surface area contributed by atoms with Crippen molar-refractivity contribution in [1.29, 1.82) is 0 Å². The number of nitrogens with one attached hydrogen (secondary N) is 1. The van der Waals surface area contributed by atoms with Crippen LogP contribution in [0.5, 0.6) is 5.75 Å². The molecule has 4 nitrogen and oxygen atoms in total. The normalized spacial score (nSPS) is 23.2. The summed E-state index contributed by atoms with van der Waals surface area (Å²) in [7, 11) is 0. The van der Waals surface area contributed by atoms with E-state index in [-0.39, 0.29) is 12.1 Å². The zero-order valence-electron chi connectivity index (χ0n) is 12.8. The van der Waals surface area contributed by atoms with Gasteiger partial charge in [0.15, 0.2) is 0 Å². The van der Waals surface area contributed by atoms with E-state index >= 15 is 0 Å². The van der Waals surface area contributed by atoms with Gasteiger partial charge in [0.25, 0.3) is 0 Å². The number of fused-ring (bicyclic) bond motifs is 1. The highest BCUT2D eigenvalue weighted by atomic mass is 16.6. The Morgan fingerprint density at radius 2 is 2.24 bits per heavy atom. The summed E-state index contributed by atoms with van der Waals surface area (Å²) in [6.07, 6.45) is 3.41. The van der Waals surface area contributed by atoms with Crippen LogP contribution < -0.4 is 10.1 Å². The van der Waals surface area contributed by atoms with Gasteiger partial charge < -0.3 is 19.5 Å². The molecule has 0 saturated carbocycles. The van der Waals surface area contributed by atoms with Gasteiger partial charge in [-0.25, -0.2) is 0 Å². The Balaban J connectivity index is 1.80. The Hall–Kier alpha value is -1.10. The monoisotopic (exact) mass is 291 g/mol. The molecule has 116 valence electrons. The fourth-order valence-electron chi connectivity index (χ4n) is 3.04. The molecular formula is C17H25NO3. The van der Waals surface area contributed by atoms with Gasteiger partial charge in [0.2, 0.25) is 0 Å².